The average molecular weight is 458 g/mol. The normalized spacial score (nSPS) is 18.5. The highest BCUT2D eigenvalue weighted by Gasteiger charge is 2.26. The summed E-state index contributed by atoms with van der Waals surface area (Å²) in [5.41, 5.74) is 2.10. The van der Waals surface area contributed by atoms with Gasteiger partial charge in [-0.2, -0.15) is 0 Å². The molecule has 0 aromatic heterocycles. The van der Waals surface area contributed by atoms with E-state index < -0.39 is 24.3 Å². The number of quaternary nitrogens is 1. The third-order valence-corrected chi connectivity index (χ3v) is 6.08. The highest BCUT2D eigenvalue weighted by Crippen LogP contribution is 2.21. The Morgan fingerprint density at radius 2 is 1.79 bits per heavy atom. The van der Waals surface area contributed by atoms with E-state index in [4.69, 9.17) is 9.84 Å². The molecule has 7 heteroatoms. The molecule has 0 aliphatic heterocycles. The first-order chi connectivity index (χ1) is 15.9. The molecule has 1 fully saturated rings. The Morgan fingerprint density at radius 3 is 2.42 bits per heavy atom. The number of ether oxygens (including phenoxy) is 1. The van der Waals surface area contributed by atoms with Crippen LogP contribution in [0.3, 0.4) is 0 Å². The van der Waals surface area contributed by atoms with Crippen molar-refractivity contribution in [1.82, 2.24) is 0 Å². The van der Waals surface area contributed by atoms with Gasteiger partial charge in [-0.1, -0.05) is 48.9 Å². The van der Waals surface area contributed by atoms with Gasteiger partial charge in [-0.05, 0) is 43.4 Å². The molecule has 1 aliphatic carbocycles. The topological polar surface area (TPSA) is 124 Å². The summed E-state index contributed by atoms with van der Waals surface area (Å²) in [6, 6.07) is 18.1. The van der Waals surface area contributed by atoms with E-state index >= 15 is 0 Å². The van der Waals surface area contributed by atoms with Crippen molar-refractivity contribution in [3.05, 3.63) is 65.7 Å². The first-order valence-electron chi connectivity index (χ1n) is 11.5. The quantitative estimate of drug-likeness (QED) is 0.495. The molecule has 0 radical (unpaired) electrons. The van der Waals surface area contributed by atoms with Gasteiger partial charge >= 0.3 is 5.97 Å². The van der Waals surface area contributed by atoms with Crippen molar-refractivity contribution >= 4 is 11.9 Å². The summed E-state index contributed by atoms with van der Waals surface area (Å²) < 4.78 is 5.00. The summed E-state index contributed by atoms with van der Waals surface area (Å²) in [6.45, 7) is 1.40. The van der Waals surface area contributed by atoms with Crippen LogP contribution in [-0.2, 0) is 22.6 Å². The first kappa shape index (κ1) is 26.4. The maximum Gasteiger partial charge on any atom is 0.307 e. The van der Waals surface area contributed by atoms with E-state index in [1.54, 1.807) is 24.3 Å². The largest absolute Gasteiger partial charge is 0.550 e. The van der Waals surface area contributed by atoms with Crippen LogP contribution in [0.15, 0.2) is 54.6 Å². The molecule has 0 saturated heterocycles. The predicted molar refractivity (Wildman–Crippen MR) is 122 cm³/mol. The minimum atomic E-state index is -1.36. The Bertz CT molecular complexity index is 857. The molecule has 0 spiro atoms. The summed E-state index contributed by atoms with van der Waals surface area (Å²) in [5.74, 6) is -2.36. The highest BCUT2D eigenvalue weighted by atomic mass is 16.5. The van der Waals surface area contributed by atoms with E-state index in [2.05, 4.69) is 35.6 Å². The van der Waals surface area contributed by atoms with Crippen LogP contribution in [0.5, 0.6) is 5.75 Å². The lowest BCUT2D eigenvalue weighted by Crippen LogP contribution is -2.90. The predicted octanol–water partition coefficient (Wildman–Crippen LogP) is 1.38. The van der Waals surface area contributed by atoms with Gasteiger partial charge in [-0.25, -0.2) is 0 Å². The smallest absolute Gasteiger partial charge is 0.307 e. The molecule has 7 nitrogen and oxygen atoms in total. The SMILES string of the molecule is COc1cccc(C[C@H](CC(=O)[O-])C(=O)O)c1.OC[C@@H]1CCCC[C@@H]1[NH2+]Cc1ccccc1. The third kappa shape index (κ3) is 9.63. The Kier molecular flexibility index (Phi) is 11.4. The number of hydrogen-bond acceptors (Lipinski definition) is 5. The van der Waals surface area contributed by atoms with Crippen LogP contribution in [0.4, 0.5) is 0 Å². The van der Waals surface area contributed by atoms with Gasteiger partial charge in [-0.3, -0.25) is 4.79 Å². The number of aliphatic hydroxyl groups excluding tert-OH is 1. The number of carbonyl (C=O) groups is 2. The fraction of sp³-hybridized carbons (Fsp3) is 0.462. The van der Waals surface area contributed by atoms with Crippen LogP contribution >= 0.6 is 0 Å². The highest BCUT2D eigenvalue weighted by molar-refractivity contribution is 5.77. The van der Waals surface area contributed by atoms with Crippen LogP contribution in [0.25, 0.3) is 0 Å². The number of benzene rings is 2. The molecule has 2 aromatic carbocycles. The van der Waals surface area contributed by atoms with E-state index in [1.165, 1.54) is 38.4 Å². The van der Waals surface area contributed by atoms with Crippen molar-refractivity contribution in [3.63, 3.8) is 0 Å². The van der Waals surface area contributed by atoms with Crippen LogP contribution < -0.4 is 15.2 Å². The summed E-state index contributed by atoms with van der Waals surface area (Å²) in [5, 5.41) is 31.1. The summed E-state index contributed by atoms with van der Waals surface area (Å²) in [6.07, 6.45) is 4.73. The van der Waals surface area contributed by atoms with Crippen molar-refractivity contribution in [2.24, 2.45) is 11.8 Å². The molecule has 0 amide bonds. The van der Waals surface area contributed by atoms with Crippen LogP contribution in [0.1, 0.15) is 43.2 Å². The molecule has 3 atom stereocenters. The molecule has 0 heterocycles. The van der Waals surface area contributed by atoms with E-state index in [0.717, 1.165) is 12.1 Å². The minimum absolute atomic E-state index is 0.139. The van der Waals surface area contributed by atoms with E-state index in [9.17, 15) is 19.8 Å². The van der Waals surface area contributed by atoms with Gasteiger partial charge in [0.1, 0.15) is 12.3 Å². The maximum absolute atomic E-state index is 10.9. The molecule has 0 unspecified atom stereocenters. The van der Waals surface area contributed by atoms with Crippen LogP contribution in [0.2, 0.25) is 0 Å². The number of aliphatic carboxylic acids is 2. The van der Waals surface area contributed by atoms with Gasteiger partial charge in [0.15, 0.2) is 0 Å². The molecule has 1 saturated carbocycles. The van der Waals surface area contributed by atoms with Gasteiger partial charge in [0.05, 0.1) is 25.7 Å². The van der Waals surface area contributed by atoms with Crippen LogP contribution in [-0.4, -0.2) is 41.9 Å². The van der Waals surface area contributed by atoms with Crippen molar-refractivity contribution in [3.8, 4) is 5.75 Å². The van der Waals surface area contributed by atoms with Gasteiger partial charge in [0.25, 0.3) is 0 Å². The first-order valence-corrected chi connectivity index (χ1v) is 11.5. The van der Waals surface area contributed by atoms with Crippen molar-refractivity contribution in [2.45, 2.75) is 51.1 Å². The molecule has 2 aromatic rings. The Hall–Kier alpha value is -2.90. The van der Waals surface area contributed by atoms with Gasteiger partial charge in [0.2, 0.25) is 0 Å². The average Bonchev–Trinajstić information content (AvgIpc) is 2.83. The third-order valence-electron chi connectivity index (χ3n) is 6.08. The Morgan fingerprint density at radius 1 is 1.09 bits per heavy atom. The lowest BCUT2D eigenvalue weighted by molar-refractivity contribution is -0.713. The number of carboxylic acids is 2. The molecule has 4 N–H and O–H groups in total. The Labute approximate surface area is 195 Å². The van der Waals surface area contributed by atoms with E-state index in [0.29, 0.717) is 24.3 Å². The minimum Gasteiger partial charge on any atom is -0.550 e. The van der Waals surface area contributed by atoms with Gasteiger partial charge < -0.3 is 30.2 Å². The van der Waals surface area contributed by atoms with Crippen molar-refractivity contribution < 1.29 is 35.0 Å². The van der Waals surface area contributed by atoms with Crippen molar-refractivity contribution in [2.75, 3.05) is 13.7 Å². The van der Waals surface area contributed by atoms with E-state index in [1.807, 2.05) is 0 Å². The molecule has 3 rings (SSSR count). The second-order valence-electron chi connectivity index (χ2n) is 8.48. The summed E-state index contributed by atoms with van der Waals surface area (Å²) >= 11 is 0. The van der Waals surface area contributed by atoms with Crippen molar-refractivity contribution in [1.29, 1.82) is 0 Å². The zero-order chi connectivity index (χ0) is 24.1. The Balaban J connectivity index is 0.000000234. The van der Waals surface area contributed by atoms with Gasteiger partial charge in [0, 0.05) is 23.9 Å². The standard InChI is InChI=1S/C14H21NO.C12H14O5/c16-11-13-8-4-5-9-14(13)15-10-12-6-2-1-3-7-12;1-17-10-4-2-3-8(6-10)5-9(12(15)16)7-11(13)14/h1-3,6-7,13-16H,4-5,8-11H2;2-4,6,9H,5,7H2,1H3,(H,13,14)(H,15,16)/t13-,14-;9-/m01/s1. The van der Waals surface area contributed by atoms with Crippen LogP contribution in [0, 0.1) is 11.8 Å². The number of carbonyl (C=O) groups excluding carboxylic acids is 1. The summed E-state index contributed by atoms with van der Waals surface area (Å²) in [4.78, 5) is 21.3. The number of carboxylic acid groups (broad SMARTS) is 2. The van der Waals surface area contributed by atoms with E-state index in [-0.39, 0.29) is 6.42 Å². The molecule has 33 heavy (non-hydrogen) atoms. The number of rotatable bonds is 10. The zero-order valence-corrected chi connectivity index (χ0v) is 19.2. The number of nitrogens with two attached hydrogens (primary N) is 1. The molecular formula is C26H35NO6. The number of hydrogen-bond donors (Lipinski definition) is 3. The molecule has 180 valence electrons. The zero-order valence-electron chi connectivity index (χ0n) is 19.2. The maximum atomic E-state index is 10.9. The lowest BCUT2D eigenvalue weighted by atomic mass is 9.85. The fourth-order valence-corrected chi connectivity index (χ4v) is 4.21. The number of aliphatic hydroxyl groups is 1. The molecule has 0 bridgehead atoms. The molecular weight excluding hydrogens is 422 g/mol. The second-order valence-corrected chi connectivity index (χ2v) is 8.48. The van der Waals surface area contributed by atoms with Gasteiger partial charge in [-0.15, -0.1) is 0 Å². The number of methoxy groups -OCH3 is 1. The second kappa shape index (κ2) is 14.3. The summed E-state index contributed by atoms with van der Waals surface area (Å²) in [7, 11) is 1.51. The lowest BCUT2D eigenvalue weighted by Gasteiger charge is -2.28. The molecule has 1 aliphatic rings. The fourth-order valence-electron chi connectivity index (χ4n) is 4.21. The monoisotopic (exact) mass is 457 g/mol.